The number of hydrogen-bond donors (Lipinski definition) is 1. The van der Waals surface area contributed by atoms with E-state index in [2.05, 4.69) is 10.3 Å². The van der Waals surface area contributed by atoms with E-state index in [9.17, 15) is 4.79 Å². The van der Waals surface area contributed by atoms with Crippen LogP contribution in [0.4, 0.5) is 5.69 Å². The summed E-state index contributed by atoms with van der Waals surface area (Å²) in [5, 5.41) is 11.5. The van der Waals surface area contributed by atoms with E-state index in [1.54, 1.807) is 30.6 Å². The number of amidine groups is 1. The summed E-state index contributed by atoms with van der Waals surface area (Å²) in [5.41, 5.74) is 1.06. The van der Waals surface area contributed by atoms with Gasteiger partial charge in [0.05, 0.1) is 7.11 Å². The minimum atomic E-state index is -0.0481. The number of carbonyl (C=O) groups excluding carboxylic acids is 1. The van der Waals surface area contributed by atoms with Crippen LogP contribution in [0.5, 0.6) is 5.75 Å². The molecule has 0 heterocycles. The largest absolute Gasteiger partial charge is 0.494 e. The molecular weight excluding hydrogens is 250 g/mol. The monoisotopic (exact) mass is 263 g/mol. The van der Waals surface area contributed by atoms with E-state index < -0.39 is 0 Å². The predicted molar refractivity (Wildman–Crippen MR) is 72.4 cm³/mol. The van der Waals surface area contributed by atoms with Gasteiger partial charge in [-0.15, -0.1) is 0 Å². The molecular formula is C12H13N3O2S. The molecule has 0 radical (unpaired) electrons. The van der Waals surface area contributed by atoms with Gasteiger partial charge in [0.15, 0.2) is 17.1 Å². The van der Waals surface area contributed by atoms with Crippen LogP contribution in [-0.2, 0) is 0 Å². The first-order valence-electron chi connectivity index (χ1n) is 5.09. The second-order valence-corrected chi connectivity index (χ2v) is 4.10. The zero-order valence-corrected chi connectivity index (χ0v) is 11.2. The molecule has 0 unspecified atom stereocenters. The molecule has 1 aromatic carbocycles. The number of nitrogens with zero attached hydrogens (tertiary/aromatic N) is 2. The van der Waals surface area contributed by atoms with E-state index in [1.807, 2.05) is 0 Å². The number of nitriles is 1. The lowest BCUT2D eigenvalue weighted by molar-refractivity contribution is 0.101. The van der Waals surface area contributed by atoms with Crippen molar-refractivity contribution < 1.29 is 9.53 Å². The molecule has 1 N–H and O–H groups in total. The lowest BCUT2D eigenvalue weighted by Crippen LogP contribution is -2.12. The van der Waals surface area contributed by atoms with E-state index in [-0.39, 0.29) is 5.78 Å². The third kappa shape index (κ3) is 3.50. The van der Waals surface area contributed by atoms with Gasteiger partial charge >= 0.3 is 0 Å². The van der Waals surface area contributed by atoms with E-state index in [0.717, 1.165) is 0 Å². The summed E-state index contributed by atoms with van der Waals surface area (Å²) in [6.07, 6.45) is 3.60. The van der Waals surface area contributed by atoms with Gasteiger partial charge in [0.1, 0.15) is 11.4 Å². The van der Waals surface area contributed by atoms with Gasteiger partial charge in [-0.3, -0.25) is 10.1 Å². The second kappa shape index (κ2) is 6.67. The molecule has 0 aliphatic heterocycles. The molecule has 0 saturated carbocycles. The summed E-state index contributed by atoms with van der Waals surface area (Å²) in [6.45, 7) is 1.48. The van der Waals surface area contributed by atoms with Gasteiger partial charge in [-0.05, 0) is 31.4 Å². The number of ketones is 1. The topological polar surface area (TPSA) is 74.5 Å². The number of methoxy groups -OCH3 is 1. The van der Waals surface area contributed by atoms with Crippen LogP contribution < -0.4 is 10.1 Å². The van der Waals surface area contributed by atoms with E-state index in [1.165, 1.54) is 25.8 Å². The third-order valence-corrected chi connectivity index (χ3v) is 2.74. The molecule has 0 spiro atoms. The summed E-state index contributed by atoms with van der Waals surface area (Å²) in [5.74, 6) is 0.499. The smallest absolute Gasteiger partial charge is 0.183 e. The number of Topliss-reactive ketones (excluding diaryl/α,β-unsaturated/α-hetero) is 1. The summed E-state index contributed by atoms with van der Waals surface area (Å²) < 4.78 is 5.17. The minimum absolute atomic E-state index is 0.0481. The van der Waals surface area contributed by atoms with Crippen molar-refractivity contribution >= 4 is 28.4 Å². The van der Waals surface area contributed by atoms with Crippen molar-refractivity contribution in [3.8, 4) is 11.9 Å². The van der Waals surface area contributed by atoms with Gasteiger partial charge in [0, 0.05) is 5.56 Å². The zero-order chi connectivity index (χ0) is 13.5. The van der Waals surface area contributed by atoms with E-state index in [0.29, 0.717) is 22.2 Å². The first-order chi connectivity index (χ1) is 8.62. The highest BCUT2D eigenvalue weighted by atomic mass is 32.2. The minimum Gasteiger partial charge on any atom is -0.494 e. The Morgan fingerprint density at radius 1 is 1.56 bits per heavy atom. The van der Waals surface area contributed by atoms with Gasteiger partial charge in [-0.1, -0.05) is 11.8 Å². The molecule has 0 bridgehead atoms. The summed E-state index contributed by atoms with van der Waals surface area (Å²) >= 11 is 1.30. The lowest BCUT2D eigenvalue weighted by Gasteiger charge is -2.07. The van der Waals surface area contributed by atoms with Crippen LogP contribution in [-0.4, -0.2) is 24.3 Å². The predicted octanol–water partition coefficient (Wildman–Crippen LogP) is 2.32. The fourth-order valence-corrected chi connectivity index (χ4v) is 1.62. The number of carbonyl (C=O) groups is 1. The van der Waals surface area contributed by atoms with Crippen LogP contribution in [0.25, 0.3) is 0 Å². The van der Waals surface area contributed by atoms with Crippen molar-refractivity contribution in [3.63, 3.8) is 0 Å². The quantitative estimate of drug-likeness (QED) is 0.298. The Morgan fingerprint density at radius 3 is 2.78 bits per heavy atom. The van der Waals surface area contributed by atoms with Crippen molar-refractivity contribution in [3.05, 3.63) is 23.8 Å². The molecule has 0 aliphatic carbocycles. The molecule has 0 fully saturated rings. The van der Waals surface area contributed by atoms with Gasteiger partial charge in [-0.25, -0.2) is 4.99 Å². The first-order valence-corrected chi connectivity index (χ1v) is 6.31. The third-order valence-electron chi connectivity index (χ3n) is 2.16. The van der Waals surface area contributed by atoms with Gasteiger partial charge in [0.2, 0.25) is 0 Å². The number of aliphatic imine (C=N–C) groups is 1. The maximum absolute atomic E-state index is 11.3. The van der Waals surface area contributed by atoms with Crippen LogP contribution in [0.15, 0.2) is 23.2 Å². The van der Waals surface area contributed by atoms with Crippen LogP contribution in [0.3, 0.4) is 0 Å². The average Bonchev–Trinajstić information content (AvgIpc) is 2.37. The highest BCUT2D eigenvalue weighted by Crippen LogP contribution is 2.29. The normalized spacial score (nSPS) is 10.7. The molecule has 1 rings (SSSR count). The number of thioether (sulfide) groups is 1. The second-order valence-electron chi connectivity index (χ2n) is 3.30. The molecule has 1 aromatic rings. The highest BCUT2D eigenvalue weighted by molar-refractivity contribution is 8.13. The molecule has 0 amide bonds. The molecule has 0 atom stereocenters. The molecule has 0 saturated heterocycles. The molecule has 5 nitrogen and oxygen atoms in total. The summed E-state index contributed by atoms with van der Waals surface area (Å²) in [6, 6.07) is 4.99. The van der Waals surface area contributed by atoms with Crippen LogP contribution >= 0.6 is 11.8 Å². The summed E-state index contributed by atoms with van der Waals surface area (Å²) in [4.78, 5) is 15.6. The summed E-state index contributed by atoms with van der Waals surface area (Å²) in [7, 11) is 1.53. The van der Waals surface area contributed by atoms with Crippen LogP contribution in [0, 0.1) is 11.5 Å². The Hall–Kier alpha value is -2.00. The van der Waals surface area contributed by atoms with Crippen molar-refractivity contribution in [2.45, 2.75) is 6.92 Å². The first kappa shape index (κ1) is 14.1. The Kier molecular flexibility index (Phi) is 5.21. The SMILES string of the molecule is COc1ccc(C(C)=O)cc1N=C(NC#N)SC. The lowest BCUT2D eigenvalue weighted by atomic mass is 10.1. The van der Waals surface area contributed by atoms with Crippen molar-refractivity contribution in [1.29, 1.82) is 5.26 Å². The zero-order valence-electron chi connectivity index (χ0n) is 10.4. The standard InChI is InChI=1S/C12H13N3O2S/c1-8(16)9-4-5-11(17-2)10(6-9)15-12(18-3)14-7-13/h4-6H,1-3H3,(H,14,15). The van der Waals surface area contributed by atoms with Crippen LogP contribution in [0.1, 0.15) is 17.3 Å². The van der Waals surface area contributed by atoms with Crippen molar-refractivity contribution in [2.75, 3.05) is 13.4 Å². The maximum Gasteiger partial charge on any atom is 0.183 e. The van der Waals surface area contributed by atoms with Crippen LogP contribution in [0.2, 0.25) is 0 Å². The number of rotatable bonds is 3. The fraction of sp³-hybridized carbons (Fsp3) is 0.250. The van der Waals surface area contributed by atoms with Gasteiger partial charge in [-0.2, -0.15) is 5.26 Å². The molecule has 0 aliphatic rings. The number of ether oxygens (including phenoxy) is 1. The maximum atomic E-state index is 11.3. The number of hydrogen-bond acceptors (Lipinski definition) is 5. The number of nitrogens with one attached hydrogen (secondary N) is 1. The Balaban J connectivity index is 3.23. The Labute approximate surface area is 110 Å². The van der Waals surface area contributed by atoms with E-state index in [4.69, 9.17) is 10.00 Å². The van der Waals surface area contributed by atoms with Crippen molar-refractivity contribution in [2.24, 2.45) is 4.99 Å². The Morgan fingerprint density at radius 2 is 2.28 bits per heavy atom. The van der Waals surface area contributed by atoms with Gasteiger partial charge < -0.3 is 4.74 Å². The highest BCUT2D eigenvalue weighted by Gasteiger charge is 2.07. The van der Waals surface area contributed by atoms with E-state index >= 15 is 0 Å². The fourth-order valence-electron chi connectivity index (χ4n) is 1.28. The molecule has 94 valence electrons. The number of benzene rings is 1. The molecule has 18 heavy (non-hydrogen) atoms. The Bertz CT molecular complexity index is 521. The van der Waals surface area contributed by atoms with Gasteiger partial charge in [0.25, 0.3) is 0 Å². The average molecular weight is 263 g/mol. The molecule has 6 heteroatoms. The van der Waals surface area contributed by atoms with Crippen molar-refractivity contribution in [1.82, 2.24) is 5.32 Å². The molecule has 0 aromatic heterocycles.